The van der Waals surface area contributed by atoms with Crippen LogP contribution < -0.4 is 5.32 Å². The number of anilines is 1. The van der Waals surface area contributed by atoms with Crippen LogP contribution in [-0.4, -0.2) is 6.21 Å². The van der Waals surface area contributed by atoms with Gasteiger partial charge in [0.15, 0.2) is 0 Å². The van der Waals surface area contributed by atoms with Crippen molar-refractivity contribution in [3.8, 4) is 0 Å². The van der Waals surface area contributed by atoms with E-state index in [1.165, 1.54) is 0 Å². The molecule has 0 saturated carbocycles. The zero-order valence-electron chi connectivity index (χ0n) is 6.29. The van der Waals surface area contributed by atoms with E-state index in [0.717, 1.165) is 15.7 Å². The largest absolute Gasteiger partial charge is 0.360 e. The molecule has 0 amide bonds. The van der Waals surface area contributed by atoms with E-state index in [2.05, 4.69) is 26.2 Å². The Hall–Kier alpha value is -1.09. The summed E-state index contributed by atoms with van der Waals surface area (Å²) in [6, 6.07) is 6.04. The van der Waals surface area contributed by atoms with Crippen LogP contribution in [0.2, 0.25) is 0 Å². The first-order valence-corrected chi connectivity index (χ1v) is 4.40. The van der Waals surface area contributed by atoms with Crippen LogP contribution in [0.25, 0.3) is 0 Å². The molecule has 0 atom stereocenters. The maximum Gasteiger partial charge on any atom is 0.0470 e. The molecule has 1 N–H and O–H groups in total. The van der Waals surface area contributed by atoms with Crippen LogP contribution in [0.4, 0.5) is 5.69 Å². The van der Waals surface area contributed by atoms with Crippen LogP contribution in [0, 0.1) is 0 Å². The zero-order valence-corrected chi connectivity index (χ0v) is 7.88. The third kappa shape index (κ3) is 1.41. The highest BCUT2D eigenvalue weighted by Crippen LogP contribution is 2.20. The molecule has 0 spiro atoms. The molecule has 12 heavy (non-hydrogen) atoms. The summed E-state index contributed by atoms with van der Waals surface area (Å²) in [6.07, 6.45) is 5.38. The van der Waals surface area contributed by atoms with E-state index in [4.69, 9.17) is 0 Å². The Labute approximate surface area is 79.1 Å². The average molecular weight is 223 g/mol. The van der Waals surface area contributed by atoms with Crippen LogP contribution in [0.3, 0.4) is 0 Å². The lowest BCUT2D eigenvalue weighted by atomic mass is 10.2. The van der Waals surface area contributed by atoms with E-state index in [9.17, 15) is 0 Å². The molecule has 0 aliphatic carbocycles. The normalized spacial score (nSPS) is 13.4. The van der Waals surface area contributed by atoms with Gasteiger partial charge in [0.05, 0.1) is 0 Å². The minimum Gasteiger partial charge on any atom is -0.360 e. The summed E-state index contributed by atoms with van der Waals surface area (Å²) in [6.45, 7) is 0. The molecular formula is C9H7BrN2. The van der Waals surface area contributed by atoms with Gasteiger partial charge < -0.3 is 5.32 Å². The van der Waals surface area contributed by atoms with Crippen LogP contribution in [0.1, 0.15) is 5.56 Å². The Bertz CT molecular complexity index is 356. The SMILES string of the molecule is Brc1ccc2c(c1)C=NC=CN2. The molecule has 1 aromatic rings. The molecule has 2 nitrogen and oxygen atoms in total. The Morgan fingerprint density at radius 2 is 2.25 bits per heavy atom. The topological polar surface area (TPSA) is 24.4 Å². The van der Waals surface area contributed by atoms with Crippen LogP contribution in [-0.2, 0) is 0 Å². The fraction of sp³-hybridized carbons (Fsp3) is 0. The molecular weight excluding hydrogens is 216 g/mol. The highest BCUT2D eigenvalue weighted by molar-refractivity contribution is 9.10. The second-order valence-electron chi connectivity index (χ2n) is 2.47. The maximum atomic E-state index is 4.06. The van der Waals surface area contributed by atoms with Crippen molar-refractivity contribution in [2.24, 2.45) is 4.99 Å². The van der Waals surface area contributed by atoms with Gasteiger partial charge in [-0.25, -0.2) is 0 Å². The van der Waals surface area contributed by atoms with Gasteiger partial charge in [-0.3, -0.25) is 4.99 Å². The van der Waals surface area contributed by atoms with Crippen LogP contribution >= 0.6 is 15.9 Å². The van der Waals surface area contributed by atoms with Crippen molar-refractivity contribution >= 4 is 27.8 Å². The van der Waals surface area contributed by atoms with Crippen LogP contribution in [0.15, 0.2) is 40.1 Å². The summed E-state index contributed by atoms with van der Waals surface area (Å²) < 4.78 is 1.07. The minimum atomic E-state index is 1.07. The molecule has 1 aliphatic rings. The van der Waals surface area contributed by atoms with Crippen molar-refractivity contribution in [3.63, 3.8) is 0 Å². The molecule has 0 saturated heterocycles. The lowest BCUT2D eigenvalue weighted by molar-refractivity contribution is 1.54. The predicted octanol–water partition coefficient (Wildman–Crippen LogP) is 2.76. The van der Waals surface area contributed by atoms with Crippen molar-refractivity contribution in [3.05, 3.63) is 40.6 Å². The van der Waals surface area contributed by atoms with Gasteiger partial charge in [0.25, 0.3) is 0 Å². The molecule has 2 rings (SSSR count). The van der Waals surface area contributed by atoms with E-state index in [-0.39, 0.29) is 0 Å². The van der Waals surface area contributed by atoms with Crippen molar-refractivity contribution in [2.45, 2.75) is 0 Å². The Balaban J connectivity index is 2.53. The molecule has 0 fully saturated rings. The van der Waals surface area contributed by atoms with E-state index in [1.54, 1.807) is 6.20 Å². The number of hydrogen-bond acceptors (Lipinski definition) is 2. The lowest BCUT2D eigenvalue weighted by Crippen LogP contribution is -1.90. The summed E-state index contributed by atoms with van der Waals surface area (Å²) in [7, 11) is 0. The predicted molar refractivity (Wildman–Crippen MR) is 54.5 cm³/mol. The van der Waals surface area contributed by atoms with Gasteiger partial charge in [0.2, 0.25) is 0 Å². The van der Waals surface area contributed by atoms with Crippen molar-refractivity contribution in [2.75, 3.05) is 5.32 Å². The third-order valence-corrected chi connectivity index (χ3v) is 2.12. The van der Waals surface area contributed by atoms with E-state index < -0.39 is 0 Å². The van der Waals surface area contributed by atoms with Gasteiger partial charge in [-0.15, -0.1) is 0 Å². The summed E-state index contributed by atoms with van der Waals surface area (Å²) in [5.41, 5.74) is 2.17. The minimum absolute atomic E-state index is 1.07. The molecule has 60 valence electrons. The van der Waals surface area contributed by atoms with E-state index >= 15 is 0 Å². The Morgan fingerprint density at radius 1 is 1.33 bits per heavy atom. The summed E-state index contributed by atoms with van der Waals surface area (Å²) in [5.74, 6) is 0. The second kappa shape index (κ2) is 3.11. The second-order valence-corrected chi connectivity index (χ2v) is 3.39. The third-order valence-electron chi connectivity index (χ3n) is 1.63. The molecule has 0 aromatic heterocycles. The lowest BCUT2D eigenvalue weighted by Gasteiger charge is -2.03. The fourth-order valence-corrected chi connectivity index (χ4v) is 1.44. The van der Waals surface area contributed by atoms with Crippen molar-refractivity contribution in [1.82, 2.24) is 0 Å². The monoisotopic (exact) mass is 222 g/mol. The number of aliphatic imine (C=N–C) groups is 1. The van der Waals surface area contributed by atoms with E-state index in [1.807, 2.05) is 30.6 Å². The first-order chi connectivity index (χ1) is 5.86. The molecule has 1 heterocycles. The molecule has 0 bridgehead atoms. The number of rotatable bonds is 0. The number of nitrogens with zero attached hydrogens (tertiary/aromatic N) is 1. The summed E-state index contributed by atoms with van der Waals surface area (Å²) in [4.78, 5) is 4.06. The molecule has 0 unspecified atom stereocenters. The highest BCUT2D eigenvalue weighted by atomic mass is 79.9. The average Bonchev–Trinajstić information content (AvgIpc) is 2.28. The van der Waals surface area contributed by atoms with Crippen molar-refractivity contribution < 1.29 is 0 Å². The fourth-order valence-electron chi connectivity index (χ4n) is 1.07. The number of halogens is 1. The Morgan fingerprint density at radius 3 is 3.17 bits per heavy atom. The quantitative estimate of drug-likeness (QED) is 0.718. The van der Waals surface area contributed by atoms with Crippen LogP contribution in [0.5, 0.6) is 0 Å². The smallest absolute Gasteiger partial charge is 0.0470 e. The molecule has 0 radical (unpaired) electrons. The molecule has 3 heteroatoms. The number of nitrogens with one attached hydrogen (secondary N) is 1. The standard InChI is InChI=1S/C9H7BrN2/c10-8-1-2-9-7(5-8)6-11-3-4-12-9/h1-6,12H. The van der Waals surface area contributed by atoms with Gasteiger partial charge in [-0.2, -0.15) is 0 Å². The number of fused-ring (bicyclic) bond motifs is 1. The molecule has 1 aliphatic heterocycles. The zero-order chi connectivity index (χ0) is 8.39. The maximum absolute atomic E-state index is 4.06. The highest BCUT2D eigenvalue weighted by Gasteiger charge is 2.00. The first-order valence-electron chi connectivity index (χ1n) is 3.60. The number of benzene rings is 1. The van der Waals surface area contributed by atoms with Gasteiger partial charge in [-0.1, -0.05) is 15.9 Å². The Kier molecular flexibility index (Phi) is 1.96. The first kappa shape index (κ1) is 7.55. The van der Waals surface area contributed by atoms with Gasteiger partial charge in [0, 0.05) is 34.3 Å². The summed E-state index contributed by atoms with van der Waals surface area (Å²) in [5, 5.41) is 3.13. The van der Waals surface area contributed by atoms with Gasteiger partial charge in [-0.05, 0) is 18.2 Å². The van der Waals surface area contributed by atoms with E-state index in [0.29, 0.717) is 0 Å². The van der Waals surface area contributed by atoms with Gasteiger partial charge >= 0.3 is 0 Å². The van der Waals surface area contributed by atoms with Gasteiger partial charge in [0.1, 0.15) is 0 Å². The van der Waals surface area contributed by atoms with Crippen molar-refractivity contribution in [1.29, 1.82) is 0 Å². The number of hydrogen-bond donors (Lipinski definition) is 1. The molecule has 1 aromatic carbocycles. The summed E-state index contributed by atoms with van der Waals surface area (Å²) >= 11 is 3.41.